The van der Waals surface area contributed by atoms with Crippen LogP contribution >= 0.6 is 0 Å². The maximum atomic E-state index is 12.0. The van der Waals surface area contributed by atoms with Crippen molar-refractivity contribution in [3.05, 3.63) is 11.8 Å². The zero-order valence-corrected chi connectivity index (χ0v) is 58.4. The first-order valence-electron chi connectivity index (χ1n) is 34.1. The summed E-state index contributed by atoms with van der Waals surface area (Å²) in [6, 6.07) is 1.92. The molecule has 10 rings (SSSR count). The molecule has 522 valence electrons. The molecule has 0 spiro atoms. The van der Waals surface area contributed by atoms with Crippen LogP contribution in [0.15, 0.2) is 11.8 Å². The summed E-state index contributed by atoms with van der Waals surface area (Å²) in [5.74, 6) is 0.416. The van der Waals surface area contributed by atoms with Crippen LogP contribution in [-0.2, 0) is 42.8 Å². The first-order valence-corrected chi connectivity index (χ1v) is 34.1. The predicted octanol–water partition coefficient (Wildman–Crippen LogP) is 6.94. The van der Waals surface area contributed by atoms with Crippen LogP contribution in [0.1, 0.15) is 173 Å². The molecule has 6 unspecified atom stereocenters. The molecule has 6 atom stereocenters. The summed E-state index contributed by atoms with van der Waals surface area (Å²) >= 11 is 0. The molecular weight excluding hydrogens is 1170 g/mol. The molecule has 4 amide bonds. The van der Waals surface area contributed by atoms with Gasteiger partial charge in [0.25, 0.3) is 0 Å². The molecule has 0 aromatic carbocycles. The van der Waals surface area contributed by atoms with E-state index in [1.807, 2.05) is 95.1 Å². The molecule has 10 aliphatic rings. The van der Waals surface area contributed by atoms with E-state index in [-0.39, 0.29) is 59.8 Å². The second kappa shape index (κ2) is 36.8. The number of ketones is 3. The fourth-order valence-corrected chi connectivity index (χ4v) is 12.6. The van der Waals surface area contributed by atoms with Gasteiger partial charge in [-0.05, 0) is 147 Å². The Bertz CT molecular complexity index is 2290. The van der Waals surface area contributed by atoms with Crippen molar-refractivity contribution in [2.24, 2.45) is 0 Å². The molecule has 0 aromatic heterocycles. The van der Waals surface area contributed by atoms with Gasteiger partial charge in [0.1, 0.15) is 34.0 Å². The van der Waals surface area contributed by atoms with Crippen molar-refractivity contribution in [1.29, 1.82) is 0 Å². The van der Waals surface area contributed by atoms with E-state index in [0.717, 1.165) is 155 Å². The summed E-state index contributed by atoms with van der Waals surface area (Å²) in [5, 5.41) is 16.2. The summed E-state index contributed by atoms with van der Waals surface area (Å²) in [6.07, 6.45) is 14.6. The van der Waals surface area contributed by atoms with Crippen LogP contribution in [0.5, 0.6) is 0 Å². The molecule has 5 aliphatic heterocycles. The number of amides is 4. The number of nitrogens with zero attached hydrogens (tertiary/aromatic N) is 8. The van der Waals surface area contributed by atoms with E-state index >= 15 is 0 Å². The molecule has 5 aliphatic carbocycles. The average molecular weight is 1290 g/mol. The largest absolute Gasteiger partial charge is 0.444 e. The van der Waals surface area contributed by atoms with Gasteiger partial charge in [0.2, 0.25) is 0 Å². The minimum Gasteiger partial charge on any atom is -0.444 e. The molecule has 5 saturated heterocycles. The number of methoxy groups -OCH3 is 2. The average Bonchev–Trinajstić information content (AvgIpc) is 2.16. The number of Topliss-reactive ketones (excluding diaryl/α,β-unsaturated/α-hetero) is 2. The Morgan fingerprint density at radius 2 is 0.747 bits per heavy atom. The lowest BCUT2D eigenvalue weighted by Gasteiger charge is -2.38. The van der Waals surface area contributed by atoms with Gasteiger partial charge in [0.15, 0.2) is 5.78 Å². The number of ether oxygens (including phenoxy) is 6. The van der Waals surface area contributed by atoms with Crippen LogP contribution in [0, 0.1) is 0 Å². The third kappa shape index (κ3) is 29.2. The summed E-state index contributed by atoms with van der Waals surface area (Å²) < 4.78 is 32.2. The normalized spacial score (nSPS) is 26.3. The molecule has 0 radical (unpaired) electrons. The standard InChI is InChI=1S/C15H28N2O3.C14H26N2O3.C14H22N2O3.C10H20N2O.C9H18N2O2.C5H6O2/c1-15(2,3)20-14(18)17-9-7-16(8-10-17)12-5-6-13(11-12)19-4;2*1-14(2,3)19-13(18)16-8-6-15(7-9-16)11-4-5-12(17)10-11;1-13-10-3-2-9(8-10)12-6-4-11-5-7-12;1-9(2,3)13-8(12)11-6-4-10-5-7-11;6-4-1-2-5(7)3-4/h12-13H,5-11H2,1-4H3;11-12,17H,4-10H2,1-3H3;10H,4-9H2,1-3H3;9-11H,2-8H2,1H3;10H,4-7H2,1-3H3;1-3H2. The third-order valence-electron chi connectivity index (χ3n) is 17.5. The van der Waals surface area contributed by atoms with Gasteiger partial charge in [0.05, 0.1) is 24.7 Å². The summed E-state index contributed by atoms with van der Waals surface area (Å²) in [6.45, 7) is 40.1. The lowest BCUT2D eigenvalue weighted by atomic mass is 10.2. The van der Waals surface area contributed by atoms with Crippen molar-refractivity contribution in [2.45, 2.75) is 232 Å². The number of nitrogens with one attached hydrogen (secondary N) is 2. The van der Waals surface area contributed by atoms with Crippen LogP contribution in [0.2, 0.25) is 0 Å². The van der Waals surface area contributed by atoms with E-state index in [1.165, 1.54) is 38.8 Å². The molecule has 3 N–H and O–H groups in total. The van der Waals surface area contributed by atoms with E-state index in [9.17, 15) is 38.7 Å². The molecule has 0 bridgehead atoms. The van der Waals surface area contributed by atoms with E-state index in [1.54, 1.807) is 27.9 Å². The summed E-state index contributed by atoms with van der Waals surface area (Å²) in [4.78, 5) is 95.8. The van der Waals surface area contributed by atoms with Crippen LogP contribution in [0.25, 0.3) is 0 Å². The molecule has 4 saturated carbocycles. The molecule has 91 heavy (non-hydrogen) atoms. The summed E-state index contributed by atoms with van der Waals surface area (Å²) in [7, 11) is 3.64. The van der Waals surface area contributed by atoms with Gasteiger partial charge in [0, 0.05) is 194 Å². The highest BCUT2D eigenvalue weighted by Gasteiger charge is 2.36. The Labute approximate surface area is 545 Å². The second-order valence-electron chi connectivity index (χ2n) is 29.6. The maximum absolute atomic E-state index is 12.0. The highest BCUT2D eigenvalue weighted by molar-refractivity contribution is 6.05. The first kappa shape index (κ1) is 77.0. The van der Waals surface area contributed by atoms with E-state index in [0.29, 0.717) is 56.6 Å². The Balaban J connectivity index is 0.000000203. The minimum absolute atomic E-state index is 0.102. The zero-order valence-electron chi connectivity index (χ0n) is 58.4. The Kier molecular flexibility index (Phi) is 31.2. The monoisotopic (exact) mass is 1290 g/mol. The number of rotatable bonds is 6. The number of hydrogen-bond acceptors (Lipinski definition) is 20. The number of piperazine rings is 5. The maximum Gasteiger partial charge on any atom is 0.410 e. The van der Waals surface area contributed by atoms with Gasteiger partial charge in [-0.15, -0.1) is 0 Å². The smallest absolute Gasteiger partial charge is 0.410 e. The van der Waals surface area contributed by atoms with Crippen molar-refractivity contribution in [2.75, 3.05) is 145 Å². The second-order valence-corrected chi connectivity index (χ2v) is 29.6. The van der Waals surface area contributed by atoms with Crippen molar-refractivity contribution in [1.82, 2.24) is 49.8 Å². The number of hydrogen-bond donors (Lipinski definition) is 3. The van der Waals surface area contributed by atoms with Crippen LogP contribution in [0.4, 0.5) is 19.2 Å². The van der Waals surface area contributed by atoms with Gasteiger partial charge in [-0.1, -0.05) is 0 Å². The van der Waals surface area contributed by atoms with Gasteiger partial charge >= 0.3 is 24.4 Å². The lowest BCUT2D eigenvalue weighted by Crippen LogP contribution is -2.52. The Morgan fingerprint density at radius 1 is 0.418 bits per heavy atom. The van der Waals surface area contributed by atoms with E-state index in [4.69, 9.17) is 28.4 Å². The number of allylic oxidation sites excluding steroid dienone is 2. The highest BCUT2D eigenvalue weighted by Crippen LogP contribution is 2.29. The molecule has 0 aromatic rings. The molecule has 24 heteroatoms. The lowest BCUT2D eigenvalue weighted by molar-refractivity contribution is -0.121. The molecule has 9 fully saturated rings. The van der Waals surface area contributed by atoms with Gasteiger partial charge < -0.3 is 68.7 Å². The van der Waals surface area contributed by atoms with Crippen molar-refractivity contribution < 1.29 is 67.1 Å². The van der Waals surface area contributed by atoms with Crippen molar-refractivity contribution in [3.8, 4) is 0 Å². The highest BCUT2D eigenvalue weighted by atomic mass is 16.6. The number of aliphatic hydroxyl groups is 1. The first-order chi connectivity index (χ1) is 42.8. The molecule has 5 heterocycles. The van der Waals surface area contributed by atoms with Gasteiger partial charge in [-0.25, -0.2) is 19.2 Å². The van der Waals surface area contributed by atoms with Crippen LogP contribution in [0.3, 0.4) is 0 Å². The predicted molar refractivity (Wildman–Crippen MR) is 350 cm³/mol. The van der Waals surface area contributed by atoms with Gasteiger partial charge in [-0.3, -0.25) is 29.1 Å². The van der Waals surface area contributed by atoms with Crippen molar-refractivity contribution >= 4 is 41.7 Å². The fourth-order valence-electron chi connectivity index (χ4n) is 12.6. The van der Waals surface area contributed by atoms with Crippen LogP contribution in [-0.4, -0.2) is 290 Å². The van der Waals surface area contributed by atoms with Crippen molar-refractivity contribution in [3.63, 3.8) is 0 Å². The number of carbonyl (C=O) groups excluding carboxylic acids is 7. The van der Waals surface area contributed by atoms with E-state index in [2.05, 4.69) is 30.2 Å². The Morgan fingerprint density at radius 3 is 1.04 bits per heavy atom. The number of carbonyl (C=O) groups is 7. The fraction of sp³-hybridized carbons (Fsp3) is 0.866. The molecule has 24 nitrogen and oxygen atoms in total. The van der Waals surface area contributed by atoms with Crippen LogP contribution < -0.4 is 10.6 Å². The van der Waals surface area contributed by atoms with Gasteiger partial charge in [-0.2, -0.15) is 0 Å². The van der Waals surface area contributed by atoms with E-state index < -0.39 is 16.8 Å². The minimum atomic E-state index is -0.450. The zero-order chi connectivity index (χ0) is 67.1. The number of aliphatic hydroxyl groups excluding tert-OH is 1. The molecular formula is C67H120N10O14. The topological polar surface area (TPSA) is 245 Å². The third-order valence-corrected chi connectivity index (χ3v) is 17.5. The quantitative estimate of drug-likeness (QED) is 0.180. The SMILES string of the molecule is CC(C)(C)OC(=O)N1CCN(C2=CC(=O)CC2)CC1.CC(C)(C)OC(=O)N1CCN(C2CCC(O)C2)CC1.CC(C)(C)OC(=O)N1CCNCC1.COC1CCC(N2CCN(C(=O)OC(C)(C)C)CC2)C1.COC1CCC(N2CCNCC2)C1.O=C1CCC(=O)C1. The summed E-state index contributed by atoms with van der Waals surface area (Å²) in [5.41, 5.74) is -0.556. The Hall–Kier alpha value is -4.69.